The molecule has 0 aliphatic carbocycles. The average Bonchev–Trinajstić information content (AvgIpc) is 2.57. The molecular weight excluding hydrogens is 430 g/mol. The first-order chi connectivity index (χ1) is 12.3. The van der Waals surface area contributed by atoms with Gasteiger partial charge >= 0.3 is 5.69 Å². The predicted octanol–water partition coefficient (Wildman–Crippen LogP) is 3.55. The van der Waals surface area contributed by atoms with Crippen LogP contribution in [-0.2, 0) is 4.79 Å². The first-order valence-corrected chi connectivity index (χ1v) is 8.32. The van der Waals surface area contributed by atoms with E-state index < -0.39 is 17.4 Å². The fourth-order valence-electron chi connectivity index (χ4n) is 1.93. The third-order valence-corrected chi connectivity index (χ3v) is 3.94. The van der Waals surface area contributed by atoms with E-state index in [1.54, 1.807) is 13.0 Å². The maximum absolute atomic E-state index is 11.8. The molecule has 2 N–H and O–H groups in total. The first kappa shape index (κ1) is 19.7. The van der Waals surface area contributed by atoms with Gasteiger partial charge in [0, 0.05) is 16.7 Å². The Morgan fingerprint density at radius 3 is 2.88 bits per heavy atom. The normalized spacial score (nSPS) is 10.7. The number of aryl methyl sites for hydroxylation is 1. The quantitative estimate of drug-likeness (QED) is 0.403. The van der Waals surface area contributed by atoms with E-state index in [1.165, 1.54) is 30.5 Å². The van der Waals surface area contributed by atoms with Gasteiger partial charge in [0.15, 0.2) is 12.4 Å². The highest BCUT2D eigenvalue weighted by atomic mass is 79.9. The first-order valence-electron chi connectivity index (χ1n) is 7.15. The van der Waals surface area contributed by atoms with Crippen LogP contribution in [0.25, 0.3) is 0 Å². The third kappa shape index (κ3) is 5.17. The topological polar surface area (TPSA) is 114 Å². The summed E-state index contributed by atoms with van der Waals surface area (Å²) in [6.07, 6.45) is 1.21. The van der Waals surface area contributed by atoms with Crippen molar-refractivity contribution in [1.29, 1.82) is 0 Å². The van der Waals surface area contributed by atoms with E-state index in [4.69, 9.17) is 16.3 Å². The lowest BCUT2D eigenvalue weighted by molar-refractivity contribution is -0.385. The molecule has 0 heterocycles. The summed E-state index contributed by atoms with van der Waals surface area (Å²) in [5.74, 6) is -0.730. The smallest absolute Gasteiger partial charge is 0.311 e. The summed E-state index contributed by atoms with van der Waals surface area (Å²) in [7, 11) is 0. The van der Waals surface area contributed by atoms with Crippen LogP contribution in [0.5, 0.6) is 11.5 Å². The van der Waals surface area contributed by atoms with Gasteiger partial charge in [0.05, 0.1) is 15.6 Å². The highest BCUT2D eigenvalue weighted by molar-refractivity contribution is 9.10. The number of amides is 1. The molecule has 136 valence electrons. The van der Waals surface area contributed by atoms with Crippen LogP contribution in [0.1, 0.15) is 11.1 Å². The predicted molar refractivity (Wildman–Crippen MR) is 99.9 cm³/mol. The molecule has 0 radical (unpaired) electrons. The molecule has 0 aliphatic rings. The molecule has 0 fully saturated rings. The number of nitro benzene ring substituents is 1. The van der Waals surface area contributed by atoms with Crippen LogP contribution in [0.2, 0.25) is 5.02 Å². The number of nitro groups is 1. The lowest BCUT2D eigenvalue weighted by Crippen LogP contribution is -2.24. The molecule has 0 unspecified atom stereocenters. The molecule has 0 saturated heterocycles. The summed E-state index contributed by atoms with van der Waals surface area (Å²) in [5.41, 5.74) is 2.96. The minimum atomic E-state index is -0.628. The van der Waals surface area contributed by atoms with E-state index in [9.17, 15) is 20.0 Å². The third-order valence-electron chi connectivity index (χ3n) is 3.12. The summed E-state index contributed by atoms with van der Waals surface area (Å²) in [4.78, 5) is 22.2. The lowest BCUT2D eigenvalue weighted by Gasteiger charge is -2.06. The average molecular weight is 443 g/mol. The van der Waals surface area contributed by atoms with Crippen molar-refractivity contribution in [3.63, 3.8) is 0 Å². The second-order valence-corrected chi connectivity index (χ2v) is 6.43. The van der Waals surface area contributed by atoms with E-state index in [1.807, 2.05) is 0 Å². The molecule has 2 aromatic rings. The van der Waals surface area contributed by atoms with Crippen molar-refractivity contribution in [2.45, 2.75) is 6.92 Å². The fraction of sp³-hybridized carbons (Fsp3) is 0.125. The van der Waals surface area contributed by atoms with Crippen LogP contribution in [0, 0.1) is 17.0 Å². The minimum absolute atomic E-state index is 0.0175. The zero-order chi connectivity index (χ0) is 19.3. The van der Waals surface area contributed by atoms with Crippen LogP contribution < -0.4 is 10.2 Å². The Hall–Kier alpha value is -2.65. The molecule has 2 aromatic carbocycles. The van der Waals surface area contributed by atoms with E-state index in [2.05, 4.69) is 26.5 Å². The maximum Gasteiger partial charge on any atom is 0.311 e. The number of hydrazone groups is 1. The van der Waals surface area contributed by atoms with Crippen LogP contribution in [-0.4, -0.2) is 28.8 Å². The van der Waals surface area contributed by atoms with Crippen molar-refractivity contribution >= 4 is 45.3 Å². The zero-order valence-electron chi connectivity index (χ0n) is 13.4. The van der Waals surface area contributed by atoms with Gasteiger partial charge in [-0.3, -0.25) is 14.9 Å². The largest absolute Gasteiger partial charge is 0.506 e. The van der Waals surface area contributed by atoms with Crippen molar-refractivity contribution in [1.82, 2.24) is 5.43 Å². The van der Waals surface area contributed by atoms with E-state index >= 15 is 0 Å². The highest BCUT2D eigenvalue weighted by Gasteiger charge is 2.16. The number of nitrogens with zero attached hydrogens (tertiary/aromatic N) is 2. The number of benzene rings is 2. The number of halogens is 2. The van der Waals surface area contributed by atoms with Crippen LogP contribution in [0.15, 0.2) is 39.9 Å². The number of nitrogens with one attached hydrogen (secondary N) is 1. The van der Waals surface area contributed by atoms with Gasteiger partial charge < -0.3 is 9.84 Å². The van der Waals surface area contributed by atoms with Gasteiger partial charge in [0.1, 0.15) is 5.75 Å². The van der Waals surface area contributed by atoms with Crippen LogP contribution >= 0.6 is 27.5 Å². The van der Waals surface area contributed by atoms with Gasteiger partial charge in [0.25, 0.3) is 5.91 Å². The molecule has 0 aromatic heterocycles. The highest BCUT2D eigenvalue weighted by Crippen LogP contribution is 2.30. The van der Waals surface area contributed by atoms with Gasteiger partial charge in [-0.1, -0.05) is 17.7 Å². The van der Waals surface area contributed by atoms with E-state index in [-0.39, 0.29) is 17.2 Å². The van der Waals surface area contributed by atoms with Gasteiger partial charge in [0.2, 0.25) is 0 Å². The summed E-state index contributed by atoms with van der Waals surface area (Å²) >= 11 is 9.00. The molecule has 10 heteroatoms. The van der Waals surface area contributed by atoms with E-state index in [0.717, 1.165) is 0 Å². The van der Waals surface area contributed by atoms with Crippen molar-refractivity contribution in [3.8, 4) is 11.5 Å². The number of carbonyl (C=O) groups excluding carboxylic acids is 1. The molecule has 0 atom stereocenters. The molecule has 0 bridgehead atoms. The number of phenols is 1. The summed E-state index contributed by atoms with van der Waals surface area (Å²) in [5, 5.41) is 24.9. The van der Waals surface area contributed by atoms with E-state index in [0.29, 0.717) is 20.6 Å². The SMILES string of the molecule is Cc1ccc(OCC(=O)N/N=C\c2cc(Cl)cc(Br)c2O)c([N+](=O)[O-])c1. The van der Waals surface area contributed by atoms with Gasteiger partial charge in [-0.15, -0.1) is 0 Å². The summed E-state index contributed by atoms with van der Waals surface area (Å²) < 4.78 is 5.56. The van der Waals surface area contributed by atoms with Crippen molar-refractivity contribution in [2.24, 2.45) is 5.10 Å². The number of rotatable bonds is 6. The fourth-order valence-corrected chi connectivity index (χ4v) is 2.76. The van der Waals surface area contributed by atoms with Crippen molar-refractivity contribution in [3.05, 3.63) is 61.1 Å². The molecular formula is C16H13BrClN3O5. The zero-order valence-corrected chi connectivity index (χ0v) is 15.7. The second-order valence-electron chi connectivity index (χ2n) is 5.14. The lowest BCUT2D eigenvalue weighted by atomic mass is 10.2. The number of hydrogen-bond donors (Lipinski definition) is 2. The number of hydrogen-bond acceptors (Lipinski definition) is 6. The molecule has 2 rings (SSSR count). The number of carbonyl (C=O) groups is 1. The summed E-state index contributed by atoms with van der Waals surface area (Å²) in [6.45, 7) is 1.24. The van der Waals surface area contributed by atoms with Gasteiger partial charge in [-0.25, -0.2) is 5.43 Å². The Labute approximate surface area is 161 Å². The van der Waals surface area contributed by atoms with Gasteiger partial charge in [-0.2, -0.15) is 5.10 Å². The Balaban J connectivity index is 1.97. The molecule has 0 aliphatic heterocycles. The number of aromatic hydroxyl groups is 1. The maximum atomic E-state index is 11.8. The second kappa shape index (κ2) is 8.63. The minimum Gasteiger partial charge on any atom is -0.506 e. The number of phenolic OH excluding ortho intramolecular Hbond substituents is 1. The van der Waals surface area contributed by atoms with Crippen LogP contribution in [0.4, 0.5) is 5.69 Å². The van der Waals surface area contributed by atoms with Gasteiger partial charge in [-0.05, 0) is 46.6 Å². The Morgan fingerprint density at radius 1 is 1.46 bits per heavy atom. The number of ether oxygens (including phenoxy) is 1. The molecule has 0 spiro atoms. The monoisotopic (exact) mass is 441 g/mol. The standard InChI is InChI=1S/C16H13BrClN3O5/c1-9-2-3-14(13(4-9)21(24)25)26-8-15(22)20-19-7-10-5-11(18)6-12(17)16(10)23/h2-7,23H,8H2,1H3,(H,20,22)/b19-7-. The van der Waals surface area contributed by atoms with Crippen LogP contribution in [0.3, 0.4) is 0 Å². The molecule has 26 heavy (non-hydrogen) atoms. The molecule has 8 nitrogen and oxygen atoms in total. The van der Waals surface area contributed by atoms with Crippen molar-refractivity contribution < 1.29 is 19.6 Å². The summed E-state index contributed by atoms with van der Waals surface area (Å²) in [6, 6.07) is 7.38. The molecule has 0 saturated carbocycles. The van der Waals surface area contributed by atoms with Crippen molar-refractivity contribution in [2.75, 3.05) is 6.61 Å². The Morgan fingerprint density at radius 2 is 2.19 bits per heavy atom. The Bertz CT molecular complexity index is 888. The Kier molecular flexibility index (Phi) is 6.53. The molecule has 1 amide bonds.